The molecule has 6 heteroatoms. The van der Waals surface area contributed by atoms with E-state index in [9.17, 15) is 9.90 Å². The highest BCUT2D eigenvalue weighted by molar-refractivity contribution is 6.30. The van der Waals surface area contributed by atoms with Gasteiger partial charge in [-0.05, 0) is 43.5 Å². The molecule has 21 heavy (non-hydrogen) atoms. The number of rotatable bonds is 8. The number of hydrogen-bond donors (Lipinski definition) is 1. The molecular formula is C15H19ClO5. The van der Waals surface area contributed by atoms with Crippen LogP contribution in [-0.2, 0) is 14.3 Å². The normalized spacial score (nSPS) is 21.7. The van der Waals surface area contributed by atoms with Gasteiger partial charge in [0.15, 0.2) is 0 Å². The minimum absolute atomic E-state index is 0.224. The number of methoxy groups -OCH3 is 1. The van der Waals surface area contributed by atoms with Crippen LogP contribution in [0.15, 0.2) is 24.3 Å². The topological polar surface area (TPSA) is 68.3 Å². The van der Waals surface area contributed by atoms with E-state index in [2.05, 4.69) is 4.74 Å². The largest absolute Gasteiger partial charge is 0.494 e. The molecule has 0 amide bonds. The number of carbonyl (C=O) groups is 1. The summed E-state index contributed by atoms with van der Waals surface area (Å²) in [4.78, 5) is 11.5. The number of ether oxygens (including phenoxy) is 3. The minimum Gasteiger partial charge on any atom is -0.494 e. The van der Waals surface area contributed by atoms with Crippen molar-refractivity contribution in [2.24, 2.45) is 0 Å². The van der Waals surface area contributed by atoms with Crippen molar-refractivity contribution in [3.8, 4) is 5.75 Å². The fourth-order valence-electron chi connectivity index (χ4n) is 2.09. The summed E-state index contributed by atoms with van der Waals surface area (Å²) in [5.74, 6) is 0.254. The molecule has 5 nitrogen and oxygen atoms in total. The third-order valence-electron chi connectivity index (χ3n) is 3.48. The van der Waals surface area contributed by atoms with Crippen molar-refractivity contribution in [2.75, 3.05) is 20.3 Å². The van der Waals surface area contributed by atoms with Gasteiger partial charge in [-0.1, -0.05) is 11.6 Å². The average Bonchev–Trinajstić information content (AvgIpc) is 3.29. The second kappa shape index (κ2) is 7.11. The predicted octanol–water partition coefficient (Wildman–Crippen LogP) is 2.19. The van der Waals surface area contributed by atoms with E-state index >= 15 is 0 Å². The SMILES string of the molecule is COC(=O)C1(C(O)CCCCOc2ccc(Cl)cc2)CO1. The van der Waals surface area contributed by atoms with E-state index in [1.165, 1.54) is 7.11 Å². The summed E-state index contributed by atoms with van der Waals surface area (Å²) in [5, 5.41) is 10.7. The molecule has 2 rings (SSSR count). The maximum absolute atomic E-state index is 11.5. The first-order chi connectivity index (χ1) is 10.1. The van der Waals surface area contributed by atoms with Crippen LogP contribution in [0.1, 0.15) is 19.3 Å². The quantitative estimate of drug-likeness (QED) is 0.452. The first-order valence-electron chi connectivity index (χ1n) is 6.87. The standard InChI is InChI=1S/C15H19ClO5/c1-19-14(18)15(10-21-15)13(17)4-2-3-9-20-12-7-5-11(16)6-8-12/h5-8,13,17H,2-4,9-10H2,1H3. The Hall–Kier alpha value is -1.30. The molecule has 0 saturated carbocycles. The van der Waals surface area contributed by atoms with Crippen LogP contribution in [0.5, 0.6) is 5.75 Å². The number of carbonyl (C=O) groups excluding carboxylic acids is 1. The molecule has 1 aromatic carbocycles. The van der Waals surface area contributed by atoms with Gasteiger partial charge in [-0.25, -0.2) is 4.79 Å². The third-order valence-corrected chi connectivity index (χ3v) is 3.73. The minimum atomic E-state index is -1.13. The third kappa shape index (κ3) is 4.09. The average molecular weight is 315 g/mol. The van der Waals surface area contributed by atoms with Gasteiger partial charge < -0.3 is 19.3 Å². The molecule has 1 N–H and O–H groups in total. The van der Waals surface area contributed by atoms with Crippen LogP contribution in [0.25, 0.3) is 0 Å². The first-order valence-corrected chi connectivity index (χ1v) is 7.25. The Bertz CT molecular complexity index is 469. The van der Waals surface area contributed by atoms with E-state index in [-0.39, 0.29) is 6.61 Å². The summed E-state index contributed by atoms with van der Waals surface area (Å²) in [6.07, 6.45) is 1.15. The highest BCUT2D eigenvalue weighted by atomic mass is 35.5. The van der Waals surface area contributed by atoms with Crippen LogP contribution in [0.3, 0.4) is 0 Å². The second-order valence-electron chi connectivity index (χ2n) is 4.98. The Morgan fingerprint density at radius 1 is 1.43 bits per heavy atom. The van der Waals surface area contributed by atoms with Gasteiger partial charge in [0.2, 0.25) is 5.60 Å². The lowest BCUT2D eigenvalue weighted by molar-refractivity contribution is -0.151. The monoisotopic (exact) mass is 314 g/mol. The van der Waals surface area contributed by atoms with Gasteiger partial charge in [-0.2, -0.15) is 0 Å². The maximum Gasteiger partial charge on any atom is 0.343 e. The van der Waals surface area contributed by atoms with E-state index in [1.54, 1.807) is 12.1 Å². The summed E-state index contributed by atoms with van der Waals surface area (Å²) in [6.45, 7) is 0.766. The molecule has 1 saturated heterocycles. The lowest BCUT2D eigenvalue weighted by Crippen LogP contribution is -2.39. The highest BCUT2D eigenvalue weighted by Crippen LogP contribution is 2.34. The molecule has 1 heterocycles. The zero-order chi connectivity index (χ0) is 15.3. The van der Waals surface area contributed by atoms with Gasteiger partial charge in [0, 0.05) is 5.02 Å². The molecule has 2 unspecified atom stereocenters. The fourth-order valence-corrected chi connectivity index (χ4v) is 2.22. The summed E-state index contributed by atoms with van der Waals surface area (Å²) >= 11 is 5.78. The molecule has 0 spiro atoms. The number of unbranched alkanes of at least 4 members (excludes halogenated alkanes) is 1. The Morgan fingerprint density at radius 3 is 2.67 bits per heavy atom. The smallest absolute Gasteiger partial charge is 0.343 e. The lowest BCUT2D eigenvalue weighted by atomic mass is 9.98. The van der Waals surface area contributed by atoms with Gasteiger partial charge in [-0.3, -0.25) is 0 Å². The number of benzene rings is 1. The van der Waals surface area contributed by atoms with Gasteiger partial charge in [0.25, 0.3) is 0 Å². The van der Waals surface area contributed by atoms with Crippen molar-refractivity contribution in [3.63, 3.8) is 0 Å². The zero-order valence-corrected chi connectivity index (χ0v) is 12.6. The molecule has 0 bridgehead atoms. The number of aliphatic hydroxyl groups excluding tert-OH is 1. The lowest BCUT2D eigenvalue weighted by Gasteiger charge is -2.16. The van der Waals surface area contributed by atoms with Crippen LogP contribution in [0.4, 0.5) is 0 Å². The Balaban J connectivity index is 1.64. The van der Waals surface area contributed by atoms with E-state index in [0.29, 0.717) is 18.1 Å². The molecule has 2 atom stereocenters. The van der Waals surface area contributed by atoms with Crippen LogP contribution in [0, 0.1) is 0 Å². The Labute approximate surface area is 128 Å². The number of aliphatic hydroxyl groups is 1. The number of epoxide rings is 1. The molecule has 1 aliphatic rings. The van der Waals surface area contributed by atoms with Gasteiger partial charge >= 0.3 is 5.97 Å². The summed E-state index contributed by atoms with van der Waals surface area (Å²) in [7, 11) is 1.29. The Morgan fingerprint density at radius 2 is 2.10 bits per heavy atom. The summed E-state index contributed by atoms with van der Waals surface area (Å²) < 4.78 is 15.3. The second-order valence-corrected chi connectivity index (χ2v) is 5.42. The van der Waals surface area contributed by atoms with Gasteiger partial charge in [0.1, 0.15) is 5.75 Å². The molecular weight excluding hydrogens is 296 g/mol. The van der Waals surface area contributed by atoms with Crippen LogP contribution in [0.2, 0.25) is 5.02 Å². The van der Waals surface area contributed by atoms with E-state index in [4.69, 9.17) is 21.1 Å². The highest BCUT2D eigenvalue weighted by Gasteiger charge is 2.58. The molecule has 116 valence electrons. The van der Waals surface area contributed by atoms with E-state index < -0.39 is 17.7 Å². The predicted molar refractivity (Wildman–Crippen MR) is 77.5 cm³/mol. The molecule has 0 radical (unpaired) electrons. The van der Waals surface area contributed by atoms with Crippen LogP contribution < -0.4 is 4.74 Å². The molecule has 1 fully saturated rings. The fraction of sp³-hybridized carbons (Fsp3) is 0.533. The Kier molecular flexibility index (Phi) is 5.45. The molecule has 1 aromatic rings. The van der Waals surface area contributed by atoms with Gasteiger partial charge in [-0.15, -0.1) is 0 Å². The molecule has 0 aromatic heterocycles. The number of hydrogen-bond acceptors (Lipinski definition) is 5. The van der Waals surface area contributed by atoms with Crippen LogP contribution >= 0.6 is 11.6 Å². The molecule has 1 aliphatic heterocycles. The van der Waals surface area contributed by atoms with E-state index in [1.807, 2.05) is 12.1 Å². The molecule has 0 aliphatic carbocycles. The first kappa shape index (κ1) is 16.1. The summed E-state index contributed by atoms with van der Waals surface area (Å²) in [6, 6.07) is 7.15. The number of esters is 1. The maximum atomic E-state index is 11.5. The zero-order valence-electron chi connectivity index (χ0n) is 11.9. The van der Waals surface area contributed by atoms with E-state index in [0.717, 1.165) is 18.6 Å². The van der Waals surface area contributed by atoms with Crippen molar-refractivity contribution in [3.05, 3.63) is 29.3 Å². The van der Waals surface area contributed by atoms with Crippen LogP contribution in [-0.4, -0.2) is 43.1 Å². The van der Waals surface area contributed by atoms with Crippen molar-refractivity contribution >= 4 is 17.6 Å². The number of halogens is 1. The van der Waals surface area contributed by atoms with Crippen molar-refractivity contribution in [1.82, 2.24) is 0 Å². The van der Waals surface area contributed by atoms with Crippen molar-refractivity contribution < 1.29 is 24.1 Å². The van der Waals surface area contributed by atoms with Crippen molar-refractivity contribution in [1.29, 1.82) is 0 Å². The van der Waals surface area contributed by atoms with Crippen molar-refractivity contribution in [2.45, 2.75) is 31.0 Å². The summed E-state index contributed by atoms with van der Waals surface area (Å²) in [5.41, 5.74) is -1.13. The van der Waals surface area contributed by atoms with Gasteiger partial charge in [0.05, 0.1) is 26.4 Å².